The number of hydrogen-bond acceptors (Lipinski definition) is 3. The second-order valence-electron chi connectivity index (χ2n) is 7.74. The molecule has 0 saturated carbocycles. The van der Waals surface area contributed by atoms with E-state index in [0.29, 0.717) is 6.54 Å². The lowest BCUT2D eigenvalue weighted by molar-refractivity contribution is 0.319. The molecule has 1 N–H and O–H groups in total. The van der Waals surface area contributed by atoms with Crippen molar-refractivity contribution in [1.29, 1.82) is 0 Å². The van der Waals surface area contributed by atoms with Crippen molar-refractivity contribution in [1.82, 2.24) is 10.2 Å². The molecule has 0 bridgehead atoms. The number of rotatable bonds is 7. The molecule has 1 aliphatic heterocycles. The van der Waals surface area contributed by atoms with Crippen molar-refractivity contribution in [2.24, 2.45) is 16.8 Å². The largest absolute Gasteiger partial charge is 0.357 e. The smallest absolute Gasteiger partial charge is 0.193 e. The van der Waals surface area contributed by atoms with Crippen LogP contribution in [0.25, 0.3) is 0 Å². The summed E-state index contributed by atoms with van der Waals surface area (Å²) >= 11 is 0. The van der Waals surface area contributed by atoms with Crippen molar-refractivity contribution < 1.29 is 8.42 Å². The molecule has 5 nitrogen and oxygen atoms in total. The summed E-state index contributed by atoms with van der Waals surface area (Å²) in [6.45, 7) is 15.0. The lowest BCUT2D eigenvalue weighted by atomic mass is 9.87. The van der Waals surface area contributed by atoms with Gasteiger partial charge in [-0.2, -0.15) is 0 Å². The summed E-state index contributed by atoms with van der Waals surface area (Å²) in [6, 6.07) is 0. The van der Waals surface area contributed by atoms with E-state index in [9.17, 15) is 8.42 Å². The van der Waals surface area contributed by atoms with Crippen LogP contribution in [0.5, 0.6) is 0 Å². The van der Waals surface area contributed by atoms with Crippen LogP contribution in [0.1, 0.15) is 60.8 Å². The van der Waals surface area contributed by atoms with E-state index >= 15 is 0 Å². The summed E-state index contributed by atoms with van der Waals surface area (Å²) in [6.07, 6.45) is 3.66. The second kappa shape index (κ2) is 9.07. The van der Waals surface area contributed by atoms with E-state index in [-0.39, 0.29) is 5.75 Å². The van der Waals surface area contributed by atoms with Crippen LogP contribution in [0.3, 0.4) is 0 Å². The molecule has 6 heteroatoms. The van der Waals surface area contributed by atoms with Crippen LogP contribution in [-0.4, -0.2) is 56.0 Å². The summed E-state index contributed by atoms with van der Waals surface area (Å²) in [5.74, 6) is 2.48. The zero-order chi connectivity index (χ0) is 18.4. The minimum absolute atomic E-state index is 0.106. The zero-order valence-corrected chi connectivity index (χ0v) is 17.2. The van der Waals surface area contributed by atoms with Gasteiger partial charge < -0.3 is 10.2 Å². The predicted molar refractivity (Wildman–Crippen MR) is 103 cm³/mol. The summed E-state index contributed by atoms with van der Waals surface area (Å²) in [4.78, 5) is 6.89. The number of nitrogens with one attached hydrogen (secondary N) is 1. The summed E-state index contributed by atoms with van der Waals surface area (Å²) in [7, 11) is -3.12. The van der Waals surface area contributed by atoms with Crippen molar-refractivity contribution in [2.75, 3.05) is 31.9 Å². The molecule has 0 aromatic carbocycles. The fourth-order valence-corrected chi connectivity index (χ4v) is 4.27. The van der Waals surface area contributed by atoms with Crippen LogP contribution in [0.15, 0.2) is 4.99 Å². The normalized spacial score (nSPS) is 20.0. The lowest BCUT2D eigenvalue weighted by Crippen LogP contribution is -2.41. The fraction of sp³-hybridized carbons (Fsp3) is 0.944. The molecular weight excluding hydrogens is 322 g/mol. The van der Waals surface area contributed by atoms with Gasteiger partial charge in [-0.05, 0) is 46.0 Å². The summed E-state index contributed by atoms with van der Waals surface area (Å²) in [5.41, 5.74) is 0. The Morgan fingerprint density at radius 3 is 2.38 bits per heavy atom. The third-order valence-corrected chi connectivity index (χ3v) is 7.72. The molecule has 1 unspecified atom stereocenters. The Balaban J connectivity index is 2.71. The monoisotopic (exact) mass is 359 g/mol. The molecule has 0 aromatic heterocycles. The molecule has 0 radical (unpaired) electrons. The first-order valence-electron chi connectivity index (χ1n) is 9.41. The van der Waals surface area contributed by atoms with Gasteiger partial charge in [-0.1, -0.05) is 26.7 Å². The van der Waals surface area contributed by atoms with Crippen LogP contribution >= 0.6 is 0 Å². The highest BCUT2D eigenvalue weighted by Gasteiger charge is 2.30. The molecule has 1 atom stereocenters. The Morgan fingerprint density at radius 1 is 1.25 bits per heavy atom. The van der Waals surface area contributed by atoms with Crippen LogP contribution in [0, 0.1) is 11.8 Å². The summed E-state index contributed by atoms with van der Waals surface area (Å²) < 4.78 is 23.7. The van der Waals surface area contributed by atoms with Gasteiger partial charge in [0.25, 0.3) is 0 Å². The minimum Gasteiger partial charge on any atom is -0.357 e. The highest BCUT2D eigenvalue weighted by molar-refractivity contribution is 7.92. The predicted octanol–water partition coefficient (Wildman–Crippen LogP) is 2.92. The van der Waals surface area contributed by atoms with Crippen LogP contribution in [0.4, 0.5) is 0 Å². The minimum atomic E-state index is -3.12. The van der Waals surface area contributed by atoms with Crippen molar-refractivity contribution in [3.8, 4) is 0 Å². The Kier molecular flexibility index (Phi) is 8.03. The second-order valence-corrected chi connectivity index (χ2v) is 10.6. The van der Waals surface area contributed by atoms with Gasteiger partial charge in [0.15, 0.2) is 15.8 Å². The first kappa shape index (κ1) is 21.3. The Labute approximate surface area is 149 Å². The van der Waals surface area contributed by atoms with Crippen LogP contribution in [-0.2, 0) is 9.84 Å². The molecule has 24 heavy (non-hydrogen) atoms. The number of guanidine groups is 1. The fourth-order valence-electron chi connectivity index (χ4n) is 3.32. The lowest BCUT2D eigenvalue weighted by Gasteiger charge is -2.24. The van der Waals surface area contributed by atoms with E-state index in [0.717, 1.165) is 37.4 Å². The van der Waals surface area contributed by atoms with Gasteiger partial charge in [-0.3, -0.25) is 4.99 Å². The van der Waals surface area contributed by atoms with Crippen LogP contribution < -0.4 is 5.32 Å². The van der Waals surface area contributed by atoms with Gasteiger partial charge in [0, 0.05) is 19.6 Å². The number of likely N-dealkylation sites (tertiary alicyclic amines) is 1. The zero-order valence-electron chi connectivity index (χ0n) is 16.4. The highest BCUT2D eigenvalue weighted by atomic mass is 32.2. The number of aliphatic imine (C=N–C) groups is 1. The van der Waals surface area contributed by atoms with Crippen LogP contribution in [0.2, 0.25) is 0 Å². The van der Waals surface area contributed by atoms with Gasteiger partial charge >= 0.3 is 0 Å². The molecule has 0 aliphatic carbocycles. The molecule has 1 aliphatic rings. The standard InChI is InChI=1S/C18H37N3O2S/c1-7-15(8-2)16-10-12-21(14-16)17(19-9-3)20-11-13-24(22,23)18(4,5)6/h15-16H,7-14H2,1-6H3,(H,19,20). The topological polar surface area (TPSA) is 61.8 Å². The highest BCUT2D eigenvalue weighted by Crippen LogP contribution is 2.28. The van der Waals surface area contributed by atoms with Gasteiger partial charge in [0.2, 0.25) is 0 Å². The van der Waals surface area contributed by atoms with E-state index in [1.807, 2.05) is 0 Å². The molecule has 0 amide bonds. The maximum atomic E-state index is 12.2. The van der Waals surface area contributed by atoms with Gasteiger partial charge in [0.05, 0.1) is 17.0 Å². The first-order valence-corrected chi connectivity index (χ1v) is 11.1. The third kappa shape index (κ3) is 5.64. The van der Waals surface area contributed by atoms with E-state index in [2.05, 4.69) is 36.0 Å². The van der Waals surface area contributed by atoms with E-state index < -0.39 is 14.6 Å². The average Bonchev–Trinajstić information content (AvgIpc) is 2.96. The maximum Gasteiger partial charge on any atom is 0.193 e. The van der Waals surface area contributed by atoms with E-state index in [1.165, 1.54) is 19.3 Å². The summed E-state index contributed by atoms with van der Waals surface area (Å²) in [5, 5.41) is 3.33. The van der Waals surface area contributed by atoms with Gasteiger partial charge in [-0.15, -0.1) is 0 Å². The molecule has 1 heterocycles. The molecule has 142 valence electrons. The number of hydrogen-bond donors (Lipinski definition) is 1. The Hall–Kier alpha value is -0.780. The maximum absolute atomic E-state index is 12.2. The molecule has 1 rings (SSSR count). The third-order valence-electron chi connectivity index (χ3n) is 5.13. The van der Waals surface area contributed by atoms with Gasteiger partial charge in [0.1, 0.15) is 0 Å². The SMILES string of the molecule is CCNC(=NCCS(=O)(=O)C(C)(C)C)N1CCC(C(CC)CC)C1. The molecule has 1 saturated heterocycles. The molecule has 0 aromatic rings. The molecule has 1 fully saturated rings. The van der Waals surface area contributed by atoms with Crippen molar-refractivity contribution in [3.05, 3.63) is 0 Å². The van der Waals surface area contributed by atoms with Crippen molar-refractivity contribution in [3.63, 3.8) is 0 Å². The number of nitrogens with zero attached hydrogens (tertiary/aromatic N) is 2. The quantitative estimate of drug-likeness (QED) is 0.561. The van der Waals surface area contributed by atoms with E-state index in [4.69, 9.17) is 0 Å². The average molecular weight is 360 g/mol. The molecular formula is C18H37N3O2S. The first-order chi connectivity index (χ1) is 11.2. The number of sulfone groups is 1. The van der Waals surface area contributed by atoms with Crippen molar-refractivity contribution in [2.45, 2.75) is 65.6 Å². The Morgan fingerprint density at radius 2 is 1.88 bits per heavy atom. The van der Waals surface area contributed by atoms with E-state index in [1.54, 1.807) is 20.8 Å². The van der Waals surface area contributed by atoms with Crippen molar-refractivity contribution >= 4 is 15.8 Å². The van der Waals surface area contributed by atoms with Gasteiger partial charge in [-0.25, -0.2) is 8.42 Å². The molecule has 0 spiro atoms. The Bertz CT molecular complexity index is 505.